The van der Waals surface area contributed by atoms with E-state index < -0.39 is 107 Å². The Bertz CT molecular complexity index is 3340. The highest BCUT2D eigenvalue weighted by molar-refractivity contribution is 6.30. The fourth-order valence-electron chi connectivity index (χ4n) is 10.7. The maximum atomic E-state index is 16.7. The summed E-state index contributed by atoms with van der Waals surface area (Å²) in [6, 6.07) is 5.93. The number of rotatable bonds is 12. The average Bonchev–Trinajstić information content (AvgIpc) is 4.16. The molecule has 0 spiro atoms. The molecular weight excluding hydrogens is 1070 g/mol. The molecule has 1 saturated carbocycles. The first-order chi connectivity index (χ1) is 37.2. The Morgan fingerprint density at radius 2 is 1.37 bits per heavy atom. The van der Waals surface area contributed by atoms with Crippen LogP contribution in [0.3, 0.4) is 0 Å². The quantitative estimate of drug-likeness (QED) is 0.0803. The second kappa shape index (κ2) is 21.9. The summed E-state index contributed by atoms with van der Waals surface area (Å²) >= 11 is 6.22. The van der Waals surface area contributed by atoms with Crippen molar-refractivity contribution >= 4 is 58.1 Å². The number of carbonyl (C=O) groups excluding carboxylic acids is 6. The maximum Gasteiger partial charge on any atom is 0.471 e. The van der Waals surface area contributed by atoms with Crippen LogP contribution in [0.1, 0.15) is 96.7 Å². The van der Waals surface area contributed by atoms with Crippen LogP contribution in [0.2, 0.25) is 5.02 Å². The summed E-state index contributed by atoms with van der Waals surface area (Å²) in [5.74, 6) is -10.9. The molecule has 2 aromatic carbocycles. The monoisotopic (exact) mass is 1130 g/mol. The van der Waals surface area contributed by atoms with Gasteiger partial charge in [0.15, 0.2) is 17.0 Å². The number of pyridine rings is 1. The zero-order valence-corrected chi connectivity index (χ0v) is 43.3. The Kier molecular flexibility index (Phi) is 15.5. The molecule has 2 aliphatic heterocycles. The van der Waals surface area contributed by atoms with Crippen LogP contribution in [0.4, 0.5) is 35.1 Å². The van der Waals surface area contributed by atoms with Crippen molar-refractivity contribution in [2.24, 2.45) is 11.3 Å². The van der Waals surface area contributed by atoms with E-state index in [1.165, 1.54) is 107 Å². The smallest absolute Gasteiger partial charge is 0.349 e. The second-order valence-corrected chi connectivity index (χ2v) is 21.6. The Labute approximate surface area is 450 Å². The lowest BCUT2D eigenvalue weighted by molar-refractivity contribution is -0.596. The summed E-state index contributed by atoms with van der Waals surface area (Å²) in [5, 5.41) is 9.23. The van der Waals surface area contributed by atoms with Crippen molar-refractivity contribution in [1.29, 1.82) is 0 Å². The number of likely N-dealkylation sites (tertiary alicyclic amines) is 2. The van der Waals surface area contributed by atoms with Gasteiger partial charge in [-0.1, -0.05) is 44.9 Å². The highest BCUT2D eigenvalue weighted by Crippen LogP contribution is 2.36. The number of fused-ring (bicyclic) bond motifs is 2. The van der Waals surface area contributed by atoms with Crippen LogP contribution in [0.15, 0.2) is 92.2 Å². The molecule has 0 bridgehead atoms. The molecule has 6 amide bonds. The molecule has 79 heavy (non-hydrogen) atoms. The van der Waals surface area contributed by atoms with Crippen molar-refractivity contribution in [3.8, 4) is 5.69 Å². The molecule has 17 nitrogen and oxygen atoms in total. The predicted molar refractivity (Wildman–Crippen MR) is 266 cm³/mol. The van der Waals surface area contributed by atoms with Gasteiger partial charge in [-0.2, -0.15) is 30.9 Å². The molecule has 2 saturated heterocycles. The van der Waals surface area contributed by atoms with Crippen LogP contribution in [0, 0.1) is 23.0 Å². The first-order valence-electron chi connectivity index (χ1n) is 25.2. The summed E-state index contributed by atoms with van der Waals surface area (Å²) < 4.78 is 117. The zero-order chi connectivity index (χ0) is 56.9. The van der Waals surface area contributed by atoms with E-state index in [4.69, 9.17) is 11.6 Å². The topological polar surface area (TPSA) is 196 Å². The lowest BCUT2D eigenvalue weighted by Crippen LogP contribution is -2.61. The minimum atomic E-state index is -5.30. The van der Waals surface area contributed by atoms with Gasteiger partial charge in [0.1, 0.15) is 29.8 Å². The largest absolute Gasteiger partial charge is 0.471 e. The molecule has 9 rings (SSSR count). The van der Waals surface area contributed by atoms with Gasteiger partial charge in [0.05, 0.1) is 54.3 Å². The summed E-state index contributed by atoms with van der Waals surface area (Å²) in [6.45, 7) is 4.19. The van der Waals surface area contributed by atoms with Crippen molar-refractivity contribution in [3.63, 3.8) is 0 Å². The number of hydrogen-bond donors (Lipinski definition) is 4. The van der Waals surface area contributed by atoms with Crippen LogP contribution in [0.25, 0.3) is 16.7 Å². The van der Waals surface area contributed by atoms with Gasteiger partial charge in [0.25, 0.3) is 18.1 Å². The lowest BCUT2D eigenvalue weighted by Gasteiger charge is -2.41. The van der Waals surface area contributed by atoms with E-state index >= 15 is 4.39 Å². The van der Waals surface area contributed by atoms with E-state index in [9.17, 15) is 59.5 Å². The van der Waals surface area contributed by atoms with Gasteiger partial charge in [-0.05, 0) is 90.6 Å². The molecule has 6 atom stereocenters. The minimum Gasteiger partial charge on any atom is -0.349 e. The van der Waals surface area contributed by atoms with Gasteiger partial charge in [-0.3, -0.25) is 38.2 Å². The van der Waals surface area contributed by atoms with Crippen molar-refractivity contribution in [2.75, 3.05) is 26.2 Å². The third-order valence-electron chi connectivity index (χ3n) is 14.9. The number of piperidine rings is 2. The van der Waals surface area contributed by atoms with Crippen molar-refractivity contribution < 1.29 is 68.5 Å². The number of amides is 6. The third kappa shape index (κ3) is 12.0. The van der Waals surface area contributed by atoms with Gasteiger partial charge in [0.2, 0.25) is 11.8 Å². The molecule has 4 aromatic heterocycles. The number of nitrogens with zero attached hydrogens (tertiary/aromatic N) is 7. The molecule has 3 fully saturated rings. The maximum absolute atomic E-state index is 16.7. The first kappa shape index (κ1) is 56.0. The average molecular weight is 1130 g/mol. The molecule has 4 N–H and O–H groups in total. The van der Waals surface area contributed by atoms with E-state index in [1.807, 2.05) is 5.32 Å². The fraction of sp³-hybridized carbons (Fsp3) is 0.415. The molecule has 1 aliphatic carbocycles. The zero-order valence-electron chi connectivity index (χ0n) is 42.5. The number of halogens is 9. The van der Waals surface area contributed by atoms with E-state index in [2.05, 4.69) is 20.6 Å². The highest BCUT2D eigenvalue weighted by Gasteiger charge is 2.47. The lowest BCUT2D eigenvalue weighted by atomic mass is 9.78. The van der Waals surface area contributed by atoms with E-state index in [0.717, 1.165) is 6.07 Å². The SMILES string of the molecule is CC(C)(C)[C@H](NC(=O)C(F)(F)F)C(=O)N[C@@H]1CN(C(=O)c2cncc3cncn23)CC[C@H]1c1ccc(-[n+]2cc3c(C(=O)N4CC[C@@H](c5cc(F)cc(Cl)c5)[C@H](NC(=O)[C@H](NC(=O)C(F)(F)F)C5CCC5)C4)cccn3c2)c(F)c1. The van der Waals surface area contributed by atoms with Crippen LogP contribution in [-0.2, 0) is 19.2 Å². The Hall–Kier alpha value is -7.70. The molecule has 418 valence electrons. The Morgan fingerprint density at radius 3 is 1.99 bits per heavy atom. The number of carbonyl (C=O) groups is 6. The predicted octanol–water partition coefficient (Wildman–Crippen LogP) is 6.36. The molecule has 26 heteroatoms. The molecular formula is C53H53ClF8N11O6+. The summed E-state index contributed by atoms with van der Waals surface area (Å²) in [6.07, 6.45) is 1.52. The van der Waals surface area contributed by atoms with Crippen LogP contribution >= 0.6 is 11.6 Å². The van der Waals surface area contributed by atoms with E-state index in [1.54, 1.807) is 28.0 Å². The molecule has 3 aliphatic rings. The number of benzene rings is 2. The highest BCUT2D eigenvalue weighted by atomic mass is 35.5. The van der Waals surface area contributed by atoms with Gasteiger partial charge in [-0.25, -0.2) is 18.2 Å². The van der Waals surface area contributed by atoms with Crippen molar-refractivity contribution in [1.82, 2.24) is 49.8 Å². The first-order valence-corrected chi connectivity index (χ1v) is 25.6. The van der Waals surface area contributed by atoms with Gasteiger partial charge in [0, 0.05) is 43.0 Å². The Morgan fingerprint density at radius 1 is 0.734 bits per heavy atom. The summed E-state index contributed by atoms with van der Waals surface area (Å²) in [5.41, 5.74) is 0.616. The van der Waals surface area contributed by atoms with E-state index in [0.29, 0.717) is 41.4 Å². The van der Waals surface area contributed by atoms with Crippen molar-refractivity contribution in [2.45, 2.75) is 101 Å². The standard InChI is InChI=1S/C53H52ClF8N11O6/c1-51(2,3)44(68-50(79)53(60,61)62)46(75)66-38-24-70(48(77)41-22-63-20-33-21-64-26-73(33)41)15-11-34(38)29-9-10-40(37(56)18-29)72-25-42-36(8-5-13-71(42)27-72)47(76)69-14-12-35(30-16-31(54)19-32(55)17-30)39(23-69)65-45(74)43(28-6-4-7-28)67-49(78)52(57,58)59/h5,8-10,13,16-22,25-28,34-35,38-39,43-44H,4,6-7,11-12,14-15,23-24H2,1-3H3,(H3-,65,66,67,68,74,75,78,79)/p+1/t34-,35-,38+,39+,43+,44+/m0/s1. The van der Waals surface area contributed by atoms with Crippen molar-refractivity contribution in [3.05, 3.63) is 131 Å². The number of nitrogens with one attached hydrogen (secondary N) is 4. The number of hydrogen-bond acceptors (Lipinski definition) is 8. The normalized spacial score (nSPS) is 20.1. The van der Waals surface area contributed by atoms with Gasteiger partial charge in [-0.15, -0.1) is 0 Å². The molecule has 6 aromatic rings. The number of imidazole rings is 2. The second-order valence-electron chi connectivity index (χ2n) is 21.2. The van der Waals surface area contributed by atoms with Crippen LogP contribution in [0.5, 0.6) is 0 Å². The minimum absolute atomic E-state index is 0.0126. The number of alkyl halides is 6. The Balaban J connectivity index is 0.978. The summed E-state index contributed by atoms with van der Waals surface area (Å²) in [7, 11) is 0. The number of aromatic nitrogens is 5. The molecule has 0 unspecified atom stereocenters. The van der Waals surface area contributed by atoms with Crippen LogP contribution < -0.4 is 25.8 Å². The van der Waals surface area contributed by atoms with Gasteiger partial charge < -0.3 is 31.1 Å². The molecule has 0 radical (unpaired) electrons. The fourth-order valence-corrected chi connectivity index (χ4v) is 10.9. The van der Waals surface area contributed by atoms with Gasteiger partial charge >= 0.3 is 24.2 Å². The van der Waals surface area contributed by atoms with Crippen LogP contribution in [-0.4, -0.2) is 127 Å². The van der Waals surface area contributed by atoms with E-state index in [-0.39, 0.29) is 61.0 Å². The third-order valence-corrected chi connectivity index (χ3v) is 15.1. The summed E-state index contributed by atoms with van der Waals surface area (Å²) in [4.78, 5) is 91.9. The molecule has 6 heterocycles.